The summed E-state index contributed by atoms with van der Waals surface area (Å²) in [6.07, 6.45) is 24.3. The molecule has 0 saturated carbocycles. The highest BCUT2D eigenvalue weighted by atomic mass is 16.6. The van der Waals surface area contributed by atoms with E-state index in [1.165, 1.54) is 0 Å². The second kappa shape index (κ2) is 42.8. The van der Waals surface area contributed by atoms with Crippen LogP contribution in [-0.2, 0) is 57.2 Å². The molecule has 6 saturated heterocycles. The molecule has 105 heavy (non-hydrogen) atoms. The monoisotopic (exact) mass is 1480 g/mol. The van der Waals surface area contributed by atoms with Gasteiger partial charge in [-0.15, -0.1) is 0 Å². The summed E-state index contributed by atoms with van der Waals surface area (Å²) in [5.74, 6) is -0.968. The number of allylic oxidation sites excluding steroid dienone is 4. The molecule has 6 fully saturated rings. The highest BCUT2D eigenvalue weighted by molar-refractivity contribution is 5.87. The van der Waals surface area contributed by atoms with Gasteiger partial charge in [-0.05, 0) is 141 Å². The van der Waals surface area contributed by atoms with Crippen LogP contribution in [0.15, 0.2) is 48.6 Å². The predicted octanol–water partition coefficient (Wildman–Crippen LogP) is 17.8. The zero-order valence-corrected chi connectivity index (χ0v) is 70.5. The predicted molar refractivity (Wildman–Crippen MR) is 424 cm³/mol. The number of hydrogen-bond acceptors (Lipinski definition) is 16. The van der Waals surface area contributed by atoms with E-state index >= 15 is 0 Å². The SMILES string of the molecule is C.C/C=C\[C@H](C)[C@H]1O[C@]1(C)[C@@H](C)[C@@H](CC)C(=O)[C@@H](CO)[C@@H](C)CC(=O)CC.C/C=C\[C@H](C)[C@H]1O[C@]1(C)[C@@H](C)[C@@H](CC)C(=O)[C@@H]1COC(O)(CC)C[C@@H]1C.C/C=C\[C@H](C)[C@H]1O[C@]1(C)[C@@H](C)[C@@H](CC)C(=O)[C@H](CO)[C@@H](C)CC(=O)CC.C/C=C\[C@H](C)[C@H]1O[C@]1(C)[C@@H](C)[C@@H](CC)C(=O)[C@H]1COC(O)(CC)C[C@@H]1C. The fraction of sp³-hybridized carbons (Fsp3) is 0.843. The van der Waals surface area contributed by atoms with Crippen LogP contribution in [0.1, 0.15) is 278 Å². The molecule has 6 rings (SSSR count). The quantitative estimate of drug-likeness (QED) is 0.0329. The van der Waals surface area contributed by atoms with Gasteiger partial charge in [-0.25, -0.2) is 0 Å². The van der Waals surface area contributed by atoms with E-state index in [0.29, 0.717) is 101 Å². The molecule has 0 aromatic heterocycles. The summed E-state index contributed by atoms with van der Waals surface area (Å²) >= 11 is 0. The number of epoxide rings is 4. The molecular formula is C89H156O16. The largest absolute Gasteiger partial charge is 0.396 e. The van der Waals surface area contributed by atoms with E-state index in [-0.39, 0.29) is 185 Å². The van der Waals surface area contributed by atoms with Crippen molar-refractivity contribution in [1.29, 1.82) is 0 Å². The van der Waals surface area contributed by atoms with Gasteiger partial charge in [0, 0.05) is 110 Å². The molecule has 0 aliphatic carbocycles. The molecule has 2 unspecified atom stereocenters. The van der Waals surface area contributed by atoms with Gasteiger partial charge >= 0.3 is 0 Å². The van der Waals surface area contributed by atoms with Gasteiger partial charge in [0.05, 0.1) is 73.2 Å². The Morgan fingerprint density at radius 2 is 0.648 bits per heavy atom. The van der Waals surface area contributed by atoms with E-state index < -0.39 is 23.4 Å². The molecule has 0 spiro atoms. The maximum absolute atomic E-state index is 13.3. The van der Waals surface area contributed by atoms with Crippen LogP contribution in [0.5, 0.6) is 0 Å². The molecule has 16 heteroatoms. The number of carbonyl (C=O) groups excluding carboxylic acids is 6. The van der Waals surface area contributed by atoms with Gasteiger partial charge in [0.15, 0.2) is 11.6 Å². The number of aliphatic hydroxyl groups is 4. The molecule has 4 N–H and O–H groups in total. The molecule has 6 aliphatic heterocycles. The van der Waals surface area contributed by atoms with Crippen molar-refractivity contribution >= 4 is 34.7 Å². The molecule has 6 heterocycles. The van der Waals surface area contributed by atoms with Crippen LogP contribution in [0.3, 0.4) is 0 Å². The van der Waals surface area contributed by atoms with Crippen molar-refractivity contribution in [3.05, 3.63) is 48.6 Å². The Labute approximate surface area is 639 Å². The molecule has 16 nitrogen and oxygen atoms in total. The zero-order chi connectivity index (χ0) is 79.5. The van der Waals surface area contributed by atoms with Crippen molar-refractivity contribution < 1.29 is 77.6 Å². The van der Waals surface area contributed by atoms with Gasteiger partial charge in [0.25, 0.3) is 0 Å². The second-order valence-electron chi connectivity index (χ2n) is 33.8. The lowest BCUT2D eigenvalue weighted by molar-refractivity contribution is -0.248. The van der Waals surface area contributed by atoms with E-state index in [1.54, 1.807) is 0 Å². The lowest BCUT2D eigenvalue weighted by atomic mass is 9.71. The van der Waals surface area contributed by atoms with E-state index in [4.69, 9.17) is 28.4 Å². The lowest BCUT2D eigenvalue weighted by Crippen LogP contribution is -2.48. The van der Waals surface area contributed by atoms with Gasteiger partial charge < -0.3 is 48.8 Å². The minimum absolute atomic E-state index is 0. The number of carbonyl (C=O) groups is 6. The van der Waals surface area contributed by atoms with E-state index in [1.807, 2.05) is 95.2 Å². The van der Waals surface area contributed by atoms with Gasteiger partial charge in [0.1, 0.15) is 34.7 Å². The Hall–Kier alpha value is -3.42. The van der Waals surface area contributed by atoms with Crippen LogP contribution in [0.25, 0.3) is 0 Å². The summed E-state index contributed by atoms with van der Waals surface area (Å²) in [6.45, 7) is 57.6. The first-order valence-electron chi connectivity index (χ1n) is 41.0. The summed E-state index contributed by atoms with van der Waals surface area (Å²) < 4.78 is 35.7. The molecule has 0 aromatic carbocycles. The van der Waals surface area contributed by atoms with E-state index in [9.17, 15) is 49.2 Å². The third-order valence-electron chi connectivity index (χ3n) is 26.6. The number of ketones is 6. The first-order valence-corrected chi connectivity index (χ1v) is 41.0. The standard InChI is InChI=1S/4C22H38O4.CH4/c2*1-8-11-14(4)20-21(7,26-20)16(6)17(9-2)19(23)18-13-25-22(24,10-3)12-15(18)5;2*1-8-11-14(4)21-22(7,26-21)16(6)18(10-3)20(25)19(13-23)15(5)12-17(24)9-2;/h2*8,11,14-18,20,24H,9-10,12-13H2,1-7H3;2*8,11,14-16,18-19,21,23H,9-10,12-13H2,1-7H3;1H4/b4*11-8-;/t14-,15-,16-,17+,18+,20+,21+,22?;14-,15-,16-,17+,18-,20+,21+,22?;14-,15-,16-,18+,19+,21+,22+;14-,15-,16-,18+,19-,21+,22+;/m0000./s1. The minimum Gasteiger partial charge on any atom is -0.396 e. The normalized spacial score (nSPS) is 34.4. The summed E-state index contributed by atoms with van der Waals surface area (Å²) in [7, 11) is 0. The summed E-state index contributed by atoms with van der Waals surface area (Å²) in [5, 5.41) is 40.4. The van der Waals surface area contributed by atoms with Crippen molar-refractivity contribution in [1.82, 2.24) is 0 Å². The number of Topliss-reactive ketones (excluding diaryl/α,β-unsaturated/α-hetero) is 6. The number of ether oxygens (including phenoxy) is 6. The first-order chi connectivity index (χ1) is 48.6. The van der Waals surface area contributed by atoms with Crippen molar-refractivity contribution in [3.63, 3.8) is 0 Å². The summed E-state index contributed by atoms with van der Waals surface area (Å²) in [6, 6.07) is 0. The third-order valence-corrected chi connectivity index (χ3v) is 26.6. The molecule has 30 atom stereocenters. The van der Waals surface area contributed by atoms with Crippen molar-refractivity contribution in [2.75, 3.05) is 26.4 Å². The third kappa shape index (κ3) is 24.3. The Bertz CT molecular complexity index is 2640. The highest BCUT2D eigenvalue weighted by Gasteiger charge is 2.64. The van der Waals surface area contributed by atoms with E-state index in [2.05, 4.69) is 147 Å². The number of hydrogen-bond donors (Lipinski definition) is 4. The van der Waals surface area contributed by atoms with Gasteiger partial charge in [-0.1, -0.05) is 195 Å². The van der Waals surface area contributed by atoms with Crippen LogP contribution >= 0.6 is 0 Å². The van der Waals surface area contributed by atoms with Crippen LogP contribution in [-0.4, -0.2) is 140 Å². The van der Waals surface area contributed by atoms with Crippen molar-refractivity contribution in [3.8, 4) is 0 Å². The van der Waals surface area contributed by atoms with Crippen LogP contribution in [0, 0.1) is 118 Å². The maximum Gasteiger partial charge on any atom is 0.165 e. The molecule has 608 valence electrons. The van der Waals surface area contributed by atoms with Crippen molar-refractivity contribution in [2.45, 2.75) is 337 Å². The van der Waals surface area contributed by atoms with Crippen molar-refractivity contribution in [2.24, 2.45) is 118 Å². The zero-order valence-electron chi connectivity index (χ0n) is 70.5. The minimum atomic E-state index is -1.07. The first kappa shape index (κ1) is 97.7. The molecule has 0 aromatic rings. The Morgan fingerprint density at radius 3 is 0.838 bits per heavy atom. The molecule has 6 aliphatic rings. The Balaban J connectivity index is 0.000000474. The maximum atomic E-state index is 13.3. The van der Waals surface area contributed by atoms with Crippen LogP contribution in [0.2, 0.25) is 0 Å². The van der Waals surface area contributed by atoms with Gasteiger partial charge in [-0.2, -0.15) is 0 Å². The summed E-state index contributed by atoms with van der Waals surface area (Å²) in [4.78, 5) is 76.6. The van der Waals surface area contributed by atoms with Crippen LogP contribution in [0.4, 0.5) is 0 Å². The van der Waals surface area contributed by atoms with Crippen LogP contribution < -0.4 is 0 Å². The highest BCUT2D eigenvalue weighted by Crippen LogP contribution is 2.55. The number of aliphatic hydroxyl groups excluding tert-OH is 2. The average molecular weight is 1480 g/mol. The second-order valence-corrected chi connectivity index (χ2v) is 33.8. The lowest BCUT2D eigenvalue weighted by Gasteiger charge is -2.41. The van der Waals surface area contributed by atoms with Gasteiger partial charge in [0.2, 0.25) is 0 Å². The Morgan fingerprint density at radius 1 is 0.410 bits per heavy atom. The molecule has 0 radical (unpaired) electrons. The molecular weight excluding hydrogens is 1320 g/mol. The van der Waals surface area contributed by atoms with Gasteiger partial charge in [-0.3, -0.25) is 28.8 Å². The topological polar surface area (TPSA) is 252 Å². The summed E-state index contributed by atoms with van der Waals surface area (Å²) in [5.41, 5.74) is -1.09. The fourth-order valence-corrected chi connectivity index (χ4v) is 18.3. The fourth-order valence-electron chi connectivity index (χ4n) is 18.3. The average Bonchev–Trinajstić information content (AvgIpc) is 1.60. The molecule has 0 bridgehead atoms. The van der Waals surface area contributed by atoms with E-state index in [0.717, 1.165) is 12.8 Å². The molecule has 0 amide bonds. The smallest absolute Gasteiger partial charge is 0.165 e. The number of rotatable bonds is 40. The Kier molecular flexibility index (Phi) is 39.8.